The van der Waals surface area contributed by atoms with Gasteiger partial charge in [0.05, 0.1) is 6.04 Å². The molecule has 124 valence electrons. The number of hydrogen-bond donors (Lipinski definition) is 2. The highest BCUT2D eigenvalue weighted by molar-refractivity contribution is 5.85. The average Bonchev–Trinajstić information content (AvgIpc) is 2.98. The van der Waals surface area contributed by atoms with E-state index < -0.39 is 0 Å². The maximum atomic E-state index is 12.0. The Hall–Kier alpha value is -1.06. The fourth-order valence-corrected chi connectivity index (χ4v) is 2.86. The van der Waals surface area contributed by atoms with Gasteiger partial charge in [-0.25, -0.2) is 0 Å². The molecular formula is C18H29ClN2O. The molecule has 1 heterocycles. The lowest BCUT2D eigenvalue weighted by atomic mass is 9.99. The number of nitrogens with one attached hydrogen (secondary N) is 2. The molecule has 0 radical (unpaired) electrons. The SMILES string of the molecule is CC(C)c1ccc(C(C)NC(=O)CCC2CCNC2)cc1.Cl. The van der Waals surface area contributed by atoms with Crippen LogP contribution in [0.4, 0.5) is 0 Å². The minimum absolute atomic E-state index is 0. The molecule has 0 aliphatic carbocycles. The molecule has 2 rings (SSSR count). The van der Waals surface area contributed by atoms with Crippen LogP contribution in [0.3, 0.4) is 0 Å². The van der Waals surface area contributed by atoms with Gasteiger partial charge in [-0.3, -0.25) is 4.79 Å². The Bertz CT molecular complexity index is 453. The van der Waals surface area contributed by atoms with Crippen molar-refractivity contribution in [2.24, 2.45) is 5.92 Å². The smallest absolute Gasteiger partial charge is 0.220 e. The molecule has 4 heteroatoms. The minimum atomic E-state index is 0. The molecule has 2 atom stereocenters. The zero-order valence-electron chi connectivity index (χ0n) is 13.9. The second-order valence-corrected chi connectivity index (χ2v) is 6.51. The first kappa shape index (κ1) is 19.0. The van der Waals surface area contributed by atoms with Gasteiger partial charge in [-0.2, -0.15) is 0 Å². The Morgan fingerprint density at radius 3 is 2.41 bits per heavy atom. The van der Waals surface area contributed by atoms with Crippen molar-refractivity contribution in [3.8, 4) is 0 Å². The average molecular weight is 325 g/mol. The van der Waals surface area contributed by atoms with E-state index in [1.165, 1.54) is 17.5 Å². The number of rotatable bonds is 6. The number of amides is 1. The van der Waals surface area contributed by atoms with Crippen LogP contribution in [0.2, 0.25) is 0 Å². The van der Waals surface area contributed by atoms with Gasteiger partial charge in [0.2, 0.25) is 5.91 Å². The van der Waals surface area contributed by atoms with Crippen LogP contribution < -0.4 is 10.6 Å². The molecule has 22 heavy (non-hydrogen) atoms. The molecule has 1 fully saturated rings. The number of benzene rings is 1. The topological polar surface area (TPSA) is 41.1 Å². The summed E-state index contributed by atoms with van der Waals surface area (Å²) in [6, 6.07) is 8.66. The Kier molecular flexibility index (Phi) is 7.91. The number of hydrogen-bond acceptors (Lipinski definition) is 2. The molecular weight excluding hydrogens is 296 g/mol. The van der Waals surface area contributed by atoms with Gasteiger partial charge in [-0.15, -0.1) is 12.4 Å². The van der Waals surface area contributed by atoms with Crippen LogP contribution in [-0.2, 0) is 4.79 Å². The summed E-state index contributed by atoms with van der Waals surface area (Å²) in [4.78, 5) is 12.0. The molecule has 1 amide bonds. The highest BCUT2D eigenvalue weighted by atomic mass is 35.5. The van der Waals surface area contributed by atoms with Gasteiger partial charge in [-0.1, -0.05) is 38.1 Å². The molecule has 2 unspecified atom stereocenters. The van der Waals surface area contributed by atoms with Crippen LogP contribution in [0.1, 0.15) is 63.1 Å². The summed E-state index contributed by atoms with van der Waals surface area (Å²) in [5.74, 6) is 1.39. The fourth-order valence-electron chi connectivity index (χ4n) is 2.86. The van der Waals surface area contributed by atoms with E-state index in [1.807, 2.05) is 0 Å². The van der Waals surface area contributed by atoms with E-state index in [9.17, 15) is 4.79 Å². The summed E-state index contributed by atoms with van der Waals surface area (Å²) in [7, 11) is 0. The third-order valence-corrected chi connectivity index (χ3v) is 4.42. The molecule has 1 saturated heterocycles. The molecule has 1 aromatic carbocycles. The van der Waals surface area contributed by atoms with Crippen LogP contribution in [0, 0.1) is 5.92 Å². The lowest BCUT2D eigenvalue weighted by Gasteiger charge is -2.16. The van der Waals surface area contributed by atoms with E-state index in [0.717, 1.165) is 19.5 Å². The first-order chi connectivity index (χ1) is 10.1. The molecule has 3 nitrogen and oxygen atoms in total. The number of carbonyl (C=O) groups is 1. The van der Waals surface area contributed by atoms with E-state index in [0.29, 0.717) is 18.3 Å². The summed E-state index contributed by atoms with van der Waals surface area (Å²) < 4.78 is 0. The molecule has 2 N–H and O–H groups in total. The normalized spacial score (nSPS) is 18.8. The number of carbonyl (C=O) groups excluding carboxylic acids is 1. The van der Waals surface area contributed by atoms with Crippen LogP contribution >= 0.6 is 12.4 Å². The number of halogens is 1. The summed E-state index contributed by atoms with van der Waals surface area (Å²) in [5, 5.41) is 6.45. The van der Waals surface area contributed by atoms with Crippen LogP contribution in [0.15, 0.2) is 24.3 Å². The van der Waals surface area contributed by atoms with Crippen LogP contribution in [0.25, 0.3) is 0 Å². The molecule has 1 aliphatic heterocycles. The van der Waals surface area contributed by atoms with Gasteiger partial charge in [0.25, 0.3) is 0 Å². The van der Waals surface area contributed by atoms with E-state index >= 15 is 0 Å². The Balaban J connectivity index is 0.00000242. The third kappa shape index (κ3) is 5.62. The van der Waals surface area contributed by atoms with Crippen molar-refractivity contribution >= 4 is 18.3 Å². The Morgan fingerprint density at radius 1 is 1.23 bits per heavy atom. The lowest BCUT2D eigenvalue weighted by Crippen LogP contribution is -2.27. The lowest BCUT2D eigenvalue weighted by molar-refractivity contribution is -0.122. The van der Waals surface area contributed by atoms with E-state index in [4.69, 9.17) is 0 Å². The summed E-state index contributed by atoms with van der Waals surface area (Å²) in [6.45, 7) is 8.61. The standard InChI is InChI=1S/C18H28N2O.ClH/c1-13(2)16-5-7-17(8-6-16)14(3)20-18(21)9-4-15-10-11-19-12-15;/h5-8,13-15,19H,4,9-12H2,1-3H3,(H,20,21);1H. The molecule has 1 aliphatic rings. The second kappa shape index (κ2) is 9.16. The summed E-state index contributed by atoms with van der Waals surface area (Å²) >= 11 is 0. The van der Waals surface area contributed by atoms with Gasteiger partial charge in [0.15, 0.2) is 0 Å². The summed E-state index contributed by atoms with van der Waals surface area (Å²) in [5.41, 5.74) is 2.52. The molecule has 0 aromatic heterocycles. The molecule has 0 spiro atoms. The largest absolute Gasteiger partial charge is 0.350 e. The van der Waals surface area contributed by atoms with E-state index in [1.54, 1.807) is 0 Å². The van der Waals surface area contributed by atoms with Gasteiger partial charge >= 0.3 is 0 Å². The van der Waals surface area contributed by atoms with Crippen molar-refractivity contribution in [2.45, 2.75) is 52.0 Å². The van der Waals surface area contributed by atoms with Gasteiger partial charge in [0, 0.05) is 6.42 Å². The van der Waals surface area contributed by atoms with Gasteiger partial charge in [0.1, 0.15) is 0 Å². The van der Waals surface area contributed by atoms with Crippen molar-refractivity contribution in [1.29, 1.82) is 0 Å². The van der Waals surface area contributed by atoms with E-state index in [-0.39, 0.29) is 24.4 Å². The van der Waals surface area contributed by atoms with Gasteiger partial charge in [-0.05, 0) is 55.8 Å². The molecule has 0 bridgehead atoms. The quantitative estimate of drug-likeness (QED) is 0.835. The Morgan fingerprint density at radius 2 is 1.86 bits per heavy atom. The maximum Gasteiger partial charge on any atom is 0.220 e. The van der Waals surface area contributed by atoms with E-state index in [2.05, 4.69) is 55.7 Å². The van der Waals surface area contributed by atoms with Crippen molar-refractivity contribution in [3.63, 3.8) is 0 Å². The van der Waals surface area contributed by atoms with Gasteiger partial charge < -0.3 is 10.6 Å². The molecule has 0 saturated carbocycles. The highest BCUT2D eigenvalue weighted by Crippen LogP contribution is 2.19. The first-order valence-electron chi connectivity index (χ1n) is 8.16. The van der Waals surface area contributed by atoms with Crippen molar-refractivity contribution in [1.82, 2.24) is 10.6 Å². The monoisotopic (exact) mass is 324 g/mol. The molecule has 1 aromatic rings. The Labute approximate surface area is 140 Å². The third-order valence-electron chi connectivity index (χ3n) is 4.42. The fraction of sp³-hybridized carbons (Fsp3) is 0.611. The first-order valence-corrected chi connectivity index (χ1v) is 8.16. The second-order valence-electron chi connectivity index (χ2n) is 6.51. The summed E-state index contributed by atoms with van der Waals surface area (Å²) in [6.07, 6.45) is 2.85. The van der Waals surface area contributed by atoms with Crippen molar-refractivity contribution in [2.75, 3.05) is 13.1 Å². The van der Waals surface area contributed by atoms with Crippen LogP contribution in [0.5, 0.6) is 0 Å². The van der Waals surface area contributed by atoms with Crippen LogP contribution in [-0.4, -0.2) is 19.0 Å². The minimum Gasteiger partial charge on any atom is -0.350 e. The highest BCUT2D eigenvalue weighted by Gasteiger charge is 2.16. The zero-order valence-corrected chi connectivity index (χ0v) is 14.7. The maximum absolute atomic E-state index is 12.0. The van der Waals surface area contributed by atoms with Crippen molar-refractivity contribution < 1.29 is 4.79 Å². The zero-order chi connectivity index (χ0) is 15.2. The predicted molar refractivity (Wildman–Crippen MR) is 94.5 cm³/mol. The predicted octanol–water partition coefficient (Wildman–Crippen LogP) is 3.80. The van der Waals surface area contributed by atoms with Crippen molar-refractivity contribution in [3.05, 3.63) is 35.4 Å².